The molecule has 0 radical (unpaired) electrons. The van der Waals surface area contributed by atoms with E-state index in [-0.39, 0.29) is 49.8 Å². The molecule has 346 valence electrons. The second-order valence-electron chi connectivity index (χ2n) is 18.7. The van der Waals surface area contributed by atoms with Gasteiger partial charge in [-0.05, 0) is 102 Å². The molecule has 0 spiro atoms. The van der Waals surface area contributed by atoms with E-state index >= 15 is 0 Å². The highest BCUT2D eigenvalue weighted by molar-refractivity contribution is 5.85. The molecule has 0 aliphatic heterocycles. The summed E-state index contributed by atoms with van der Waals surface area (Å²) >= 11 is 0. The Hall–Kier alpha value is -4.45. The summed E-state index contributed by atoms with van der Waals surface area (Å²) in [6.07, 6.45) is 15.1. The molecule has 4 N–H and O–H groups in total. The van der Waals surface area contributed by atoms with Gasteiger partial charge < -0.3 is 35.3 Å². The Kier molecular flexibility index (Phi) is 23.1. The summed E-state index contributed by atoms with van der Waals surface area (Å²) in [5.74, 6) is -1.18. The molecule has 62 heavy (non-hydrogen) atoms. The molecule has 0 saturated carbocycles. The molecule has 0 saturated heterocycles. The summed E-state index contributed by atoms with van der Waals surface area (Å²) in [7, 11) is 0. The first-order chi connectivity index (χ1) is 29.6. The number of aliphatic hydroxyl groups is 1. The van der Waals surface area contributed by atoms with E-state index in [1.165, 1.54) is 32.1 Å². The molecule has 12 nitrogen and oxygen atoms in total. The van der Waals surface area contributed by atoms with Crippen LogP contribution in [0.5, 0.6) is 0 Å². The molecule has 3 amide bonds. The third kappa shape index (κ3) is 21.1. The van der Waals surface area contributed by atoms with Crippen molar-refractivity contribution >= 4 is 29.8 Å². The van der Waals surface area contributed by atoms with Crippen molar-refractivity contribution in [3.8, 4) is 11.1 Å². The number of carbonyl (C=O) groups excluding carboxylic acids is 5. The minimum Gasteiger partial charge on any atom is -0.460 e. The summed E-state index contributed by atoms with van der Waals surface area (Å²) in [6.45, 7) is 11.3. The van der Waals surface area contributed by atoms with Crippen LogP contribution >= 0.6 is 0 Å². The molecule has 1 aliphatic carbocycles. The van der Waals surface area contributed by atoms with Gasteiger partial charge in [0.2, 0.25) is 11.8 Å². The van der Waals surface area contributed by atoms with Crippen molar-refractivity contribution in [3.63, 3.8) is 0 Å². The molecule has 2 atom stereocenters. The average Bonchev–Trinajstić information content (AvgIpc) is 3.53. The van der Waals surface area contributed by atoms with Crippen molar-refractivity contribution in [2.75, 3.05) is 19.8 Å². The zero-order chi connectivity index (χ0) is 45.4. The minimum absolute atomic E-state index is 0.0426. The number of alkyl carbamates (subject to hydrolysis) is 1. The van der Waals surface area contributed by atoms with Gasteiger partial charge in [-0.2, -0.15) is 0 Å². The van der Waals surface area contributed by atoms with Gasteiger partial charge in [0.15, 0.2) is 0 Å². The van der Waals surface area contributed by atoms with Gasteiger partial charge in [-0.15, -0.1) is 0 Å². The molecule has 0 heterocycles. The van der Waals surface area contributed by atoms with E-state index in [1.807, 2.05) is 45.0 Å². The number of nitrogens with one attached hydrogen (secondary N) is 3. The third-order valence-electron chi connectivity index (χ3n) is 10.8. The number of esters is 2. The van der Waals surface area contributed by atoms with Crippen LogP contribution < -0.4 is 16.0 Å². The van der Waals surface area contributed by atoms with Crippen molar-refractivity contribution in [1.29, 1.82) is 0 Å². The van der Waals surface area contributed by atoms with Crippen LogP contribution in [-0.2, 0) is 33.4 Å². The SMILES string of the molecule is CC(C)(C)OC(=O)CCCCCCCCCCCCCCC(=O)NC(CCC(=O)NCCCCC(CO)NC(=O)OCC1c2ccccc2-c2ccccc21)C(=O)OC(C)(C)C. The molecule has 2 aromatic rings. The Balaban J connectivity index is 1.24. The van der Waals surface area contributed by atoms with Crippen molar-refractivity contribution < 1.29 is 43.3 Å². The zero-order valence-electron chi connectivity index (χ0n) is 38.6. The summed E-state index contributed by atoms with van der Waals surface area (Å²) in [5, 5.41) is 18.4. The molecule has 2 aromatic carbocycles. The monoisotopic (exact) mass is 864 g/mol. The maximum absolute atomic E-state index is 13.0. The highest BCUT2D eigenvalue weighted by Crippen LogP contribution is 2.44. The Morgan fingerprint density at radius 1 is 0.597 bits per heavy atom. The van der Waals surface area contributed by atoms with Crippen molar-refractivity contribution in [2.24, 2.45) is 0 Å². The van der Waals surface area contributed by atoms with E-state index < -0.39 is 35.3 Å². The fourth-order valence-corrected chi connectivity index (χ4v) is 7.73. The molecule has 12 heteroatoms. The van der Waals surface area contributed by atoms with Crippen LogP contribution in [0.25, 0.3) is 11.1 Å². The number of ether oxygens (including phenoxy) is 3. The summed E-state index contributed by atoms with van der Waals surface area (Å²) in [4.78, 5) is 63.1. The summed E-state index contributed by atoms with van der Waals surface area (Å²) in [6, 6.07) is 14.9. The van der Waals surface area contributed by atoms with Gasteiger partial charge >= 0.3 is 18.0 Å². The molecule has 0 aromatic heterocycles. The maximum atomic E-state index is 13.0. The second-order valence-corrected chi connectivity index (χ2v) is 18.7. The van der Waals surface area contributed by atoms with Crippen molar-refractivity contribution in [2.45, 2.75) is 193 Å². The number of unbranched alkanes of at least 4 members (excludes halogenated alkanes) is 12. The van der Waals surface area contributed by atoms with E-state index in [2.05, 4.69) is 40.2 Å². The van der Waals surface area contributed by atoms with Gasteiger partial charge in [0.25, 0.3) is 0 Å². The van der Waals surface area contributed by atoms with Crippen molar-refractivity contribution in [1.82, 2.24) is 16.0 Å². The number of rotatable bonds is 29. The fraction of sp³-hybridized carbons (Fsp3) is 0.660. The number of hydrogen-bond donors (Lipinski definition) is 4. The van der Waals surface area contributed by atoms with Crippen LogP contribution in [0.3, 0.4) is 0 Å². The molecular formula is C50H77N3O9. The molecule has 1 aliphatic rings. The van der Waals surface area contributed by atoms with Crippen LogP contribution in [0.15, 0.2) is 48.5 Å². The lowest BCUT2D eigenvalue weighted by Gasteiger charge is -2.24. The van der Waals surface area contributed by atoms with Gasteiger partial charge in [0, 0.05) is 31.7 Å². The van der Waals surface area contributed by atoms with E-state index in [0.29, 0.717) is 38.6 Å². The highest BCUT2D eigenvalue weighted by atomic mass is 16.6. The lowest BCUT2D eigenvalue weighted by atomic mass is 9.98. The van der Waals surface area contributed by atoms with Gasteiger partial charge in [-0.3, -0.25) is 14.4 Å². The first-order valence-corrected chi connectivity index (χ1v) is 23.3. The average molecular weight is 864 g/mol. The minimum atomic E-state index is -0.924. The second kappa shape index (κ2) is 27.6. The first-order valence-electron chi connectivity index (χ1n) is 23.3. The van der Waals surface area contributed by atoms with Crippen LogP contribution in [-0.4, -0.2) is 78.0 Å². The molecule has 3 rings (SSSR count). The Labute approximate surface area is 371 Å². The normalized spacial score (nSPS) is 13.3. The predicted octanol–water partition coefficient (Wildman–Crippen LogP) is 9.58. The predicted molar refractivity (Wildman–Crippen MR) is 243 cm³/mol. The van der Waals surface area contributed by atoms with Crippen LogP contribution in [0.4, 0.5) is 4.79 Å². The van der Waals surface area contributed by atoms with E-state index in [9.17, 15) is 29.1 Å². The smallest absolute Gasteiger partial charge is 0.407 e. The highest BCUT2D eigenvalue weighted by Gasteiger charge is 2.30. The summed E-state index contributed by atoms with van der Waals surface area (Å²) < 4.78 is 16.5. The largest absolute Gasteiger partial charge is 0.460 e. The molecule has 0 bridgehead atoms. The quantitative estimate of drug-likeness (QED) is 0.0354. The van der Waals surface area contributed by atoms with Gasteiger partial charge in [-0.25, -0.2) is 9.59 Å². The van der Waals surface area contributed by atoms with Crippen LogP contribution in [0.2, 0.25) is 0 Å². The lowest BCUT2D eigenvalue weighted by molar-refractivity contribution is -0.159. The maximum Gasteiger partial charge on any atom is 0.407 e. The molecule has 0 fully saturated rings. The number of benzene rings is 2. The standard InChI is InChI=1S/C50H77N3O9/c1-49(2,3)61-46(57)31-18-16-14-12-10-8-7-9-11-13-15-17-30-45(56)53-43(47(58)62-50(4,5)6)32-33-44(55)51-34-24-23-25-37(35-54)52-48(59)60-36-42-40-28-21-19-26-38(40)39-27-20-22-29-41(39)42/h19-22,26-29,37,42-43,54H,7-18,23-25,30-36H2,1-6H3,(H,51,55)(H,52,59)(H,53,56). The third-order valence-corrected chi connectivity index (χ3v) is 10.8. The van der Waals surface area contributed by atoms with Crippen LogP contribution in [0, 0.1) is 0 Å². The number of aliphatic hydroxyl groups excluding tert-OH is 1. The van der Waals surface area contributed by atoms with Gasteiger partial charge in [-0.1, -0.05) is 113 Å². The Bertz CT molecular complexity index is 1640. The molecular weight excluding hydrogens is 787 g/mol. The van der Waals surface area contributed by atoms with Crippen LogP contribution in [0.1, 0.15) is 181 Å². The number of hydrogen-bond acceptors (Lipinski definition) is 9. The van der Waals surface area contributed by atoms with E-state index in [4.69, 9.17) is 14.2 Å². The van der Waals surface area contributed by atoms with E-state index in [1.54, 1.807) is 20.8 Å². The van der Waals surface area contributed by atoms with E-state index in [0.717, 1.165) is 67.2 Å². The Morgan fingerprint density at radius 3 is 1.65 bits per heavy atom. The van der Waals surface area contributed by atoms with Crippen molar-refractivity contribution in [3.05, 3.63) is 59.7 Å². The molecule has 2 unspecified atom stereocenters. The summed E-state index contributed by atoms with van der Waals surface area (Å²) in [5.41, 5.74) is 3.40. The zero-order valence-corrected chi connectivity index (χ0v) is 38.6. The first kappa shape index (κ1) is 51.9. The van der Waals surface area contributed by atoms with Gasteiger partial charge in [0.05, 0.1) is 12.6 Å². The number of fused-ring (bicyclic) bond motifs is 3. The Morgan fingerprint density at radius 2 is 1.11 bits per heavy atom. The number of amides is 3. The number of carbonyl (C=O) groups is 5. The lowest BCUT2D eigenvalue weighted by Crippen LogP contribution is -2.44. The topological polar surface area (TPSA) is 169 Å². The van der Waals surface area contributed by atoms with Gasteiger partial charge in [0.1, 0.15) is 23.9 Å². The fourth-order valence-electron chi connectivity index (χ4n) is 7.73.